The van der Waals surface area contributed by atoms with Gasteiger partial charge in [-0.2, -0.15) is 5.26 Å². The van der Waals surface area contributed by atoms with E-state index in [1.165, 1.54) is 0 Å². The van der Waals surface area contributed by atoms with Gasteiger partial charge in [-0.1, -0.05) is 20.3 Å². The summed E-state index contributed by atoms with van der Waals surface area (Å²) in [6.45, 7) is 10.5. The van der Waals surface area contributed by atoms with Gasteiger partial charge in [-0.05, 0) is 39.5 Å². The molecule has 6 heteroatoms. The summed E-state index contributed by atoms with van der Waals surface area (Å²) in [5, 5.41) is 18.7. The number of nitriles is 1. The molecule has 0 unspecified atom stereocenters. The standard InChI is InChI=1S/C18H30N2O4/c1-6-7-8-23-12-15-9-13(2)16(14(10-19)11-21)20(15)17(22)24-18(3,4)5/h11,13,15-16,21H,6-9,12H2,1-5H3/b14-11+/t13-,15-,16+/m0/s1. The van der Waals surface area contributed by atoms with E-state index in [4.69, 9.17) is 9.47 Å². The van der Waals surface area contributed by atoms with Gasteiger partial charge in [0.1, 0.15) is 11.7 Å². The van der Waals surface area contributed by atoms with E-state index in [-0.39, 0.29) is 17.5 Å². The fraction of sp³-hybridized carbons (Fsp3) is 0.778. The maximum absolute atomic E-state index is 12.7. The van der Waals surface area contributed by atoms with Gasteiger partial charge in [-0.25, -0.2) is 4.79 Å². The highest BCUT2D eigenvalue weighted by molar-refractivity contribution is 5.70. The lowest BCUT2D eigenvalue weighted by atomic mass is 9.96. The molecule has 0 spiro atoms. The summed E-state index contributed by atoms with van der Waals surface area (Å²) in [4.78, 5) is 14.2. The van der Waals surface area contributed by atoms with E-state index in [0.29, 0.717) is 19.6 Å². The summed E-state index contributed by atoms with van der Waals surface area (Å²) in [6.07, 6.45) is 3.03. The Morgan fingerprint density at radius 3 is 2.62 bits per heavy atom. The van der Waals surface area contributed by atoms with Gasteiger partial charge in [0.25, 0.3) is 0 Å². The number of hydrogen-bond acceptors (Lipinski definition) is 5. The van der Waals surface area contributed by atoms with Crippen LogP contribution < -0.4 is 0 Å². The topological polar surface area (TPSA) is 82.8 Å². The number of unbranched alkanes of at least 4 members (excludes halogenated alkanes) is 1. The number of aliphatic hydroxyl groups excluding tert-OH is 1. The van der Waals surface area contributed by atoms with E-state index in [1.54, 1.807) is 25.7 Å². The highest BCUT2D eigenvalue weighted by Gasteiger charge is 2.45. The van der Waals surface area contributed by atoms with Gasteiger partial charge in [0, 0.05) is 6.61 Å². The zero-order valence-electron chi connectivity index (χ0n) is 15.4. The molecule has 0 bridgehead atoms. The van der Waals surface area contributed by atoms with E-state index in [2.05, 4.69) is 6.92 Å². The Hall–Kier alpha value is -1.74. The van der Waals surface area contributed by atoms with Crippen molar-refractivity contribution in [3.63, 3.8) is 0 Å². The number of aliphatic hydroxyl groups is 1. The van der Waals surface area contributed by atoms with E-state index < -0.39 is 17.7 Å². The third kappa shape index (κ3) is 5.41. The van der Waals surface area contributed by atoms with Gasteiger partial charge in [0.15, 0.2) is 0 Å². The normalized spacial score (nSPS) is 24.8. The largest absolute Gasteiger partial charge is 0.514 e. The number of rotatable bonds is 6. The second-order valence-electron chi connectivity index (χ2n) is 7.32. The molecular weight excluding hydrogens is 308 g/mol. The molecule has 1 aliphatic rings. The number of carbonyl (C=O) groups excluding carboxylic acids is 1. The maximum Gasteiger partial charge on any atom is 0.411 e. The Bertz CT molecular complexity index is 490. The smallest absolute Gasteiger partial charge is 0.411 e. The molecule has 1 rings (SSSR count). The van der Waals surface area contributed by atoms with Crippen molar-refractivity contribution in [2.45, 2.75) is 71.6 Å². The van der Waals surface area contributed by atoms with Crippen molar-refractivity contribution in [2.24, 2.45) is 5.92 Å². The quantitative estimate of drug-likeness (QED) is 0.453. The van der Waals surface area contributed by atoms with Crippen LogP contribution in [0.5, 0.6) is 0 Å². The predicted molar refractivity (Wildman–Crippen MR) is 91.5 cm³/mol. The molecule has 24 heavy (non-hydrogen) atoms. The van der Waals surface area contributed by atoms with Crippen molar-refractivity contribution < 1.29 is 19.4 Å². The van der Waals surface area contributed by atoms with Crippen LogP contribution in [0, 0.1) is 17.2 Å². The summed E-state index contributed by atoms with van der Waals surface area (Å²) in [5.74, 6) is 0.0374. The molecule has 0 aromatic carbocycles. The molecule has 0 aromatic rings. The molecule has 3 atom stereocenters. The van der Waals surface area contributed by atoms with Gasteiger partial charge < -0.3 is 14.6 Å². The number of ether oxygens (including phenoxy) is 2. The van der Waals surface area contributed by atoms with Gasteiger partial charge in [0.05, 0.1) is 30.5 Å². The molecule has 0 aromatic heterocycles. The lowest BCUT2D eigenvalue weighted by Crippen LogP contribution is -2.47. The highest BCUT2D eigenvalue weighted by atomic mass is 16.6. The van der Waals surface area contributed by atoms with Gasteiger partial charge in [-0.3, -0.25) is 4.90 Å². The van der Waals surface area contributed by atoms with Crippen LogP contribution in [0.3, 0.4) is 0 Å². The van der Waals surface area contributed by atoms with Crippen LogP contribution >= 0.6 is 0 Å². The predicted octanol–water partition coefficient (Wildman–Crippen LogP) is 3.78. The molecule has 0 saturated carbocycles. The maximum atomic E-state index is 12.7. The number of hydrogen-bond donors (Lipinski definition) is 1. The third-order valence-corrected chi connectivity index (χ3v) is 4.02. The molecule has 1 heterocycles. The fourth-order valence-electron chi connectivity index (χ4n) is 2.99. The van der Waals surface area contributed by atoms with Crippen LogP contribution in [0.25, 0.3) is 0 Å². The molecule has 1 fully saturated rings. The van der Waals surface area contributed by atoms with Crippen molar-refractivity contribution in [2.75, 3.05) is 13.2 Å². The third-order valence-electron chi connectivity index (χ3n) is 4.02. The number of nitrogens with zero attached hydrogens (tertiary/aromatic N) is 2. The SMILES string of the molecule is CCCCOC[C@@H]1C[C@H](C)[C@H](/C(C#N)=C/O)N1C(=O)OC(C)(C)C. The van der Waals surface area contributed by atoms with Crippen molar-refractivity contribution >= 4 is 6.09 Å². The first-order chi connectivity index (χ1) is 11.2. The summed E-state index contributed by atoms with van der Waals surface area (Å²) < 4.78 is 11.2. The van der Waals surface area contributed by atoms with Gasteiger partial charge in [0.2, 0.25) is 0 Å². The van der Waals surface area contributed by atoms with Crippen molar-refractivity contribution in [3.8, 4) is 6.07 Å². The van der Waals surface area contributed by atoms with Crippen LogP contribution in [-0.2, 0) is 9.47 Å². The van der Waals surface area contributed by atoms with E-state index in [1.807, 2.05) is 13.0 Å². The second kappa shape index (κ2) is 8.93. The van der Waals surface area contributed by atoms with Crippen LogP contribution in [-0.4, -0.2) is 47.0 Å². The summed E-state index contributed by atoms with van der Waals surface area (Å²) in [6, 6.07) is 1.33. The Morgan fingerprint density at radius 1 is 1.46 bits per heavy atom. The van der Waals surface area contributed by atoms with Crippen molar-refractivity contribution in [1.82, 2.24) is 4.90 Å². The first-order valence-electron chi connectivity index (χ1n) is 8.58. The Kier molecular flexibility index (Phi) is 7.56. The Morgan fingerprint density at radius 2 is 2.12 bits per heavy atom. The fourth-order valence-corrected chi connectivity index (χ4v) is 2.99. The van der Waals surface area contributed by atoms with Crippen LogP contribution in [0.1, 0.15) is 53.9 Å². The molecule has 1 N–H and O–H groups in total. The van der Waals surface area contributed by atoms with E-state index >= 15 is 0 Å². The van der Waals surface area contributed by atoms with Crippen LogP contribution in [0.2, 0.25) is 0 Å². The first-order valence-corrected chi connectivity index (χ1v) is 8.58. The number of likely N-dealkylation sites (tertiary alicyclic amines) is 1. The highest BCUT2D eigenvalue weighted by Crippen LogP contribution is 2.35. The molecule has 1 saturated heterocycles. The van der Waals surface area contributed by atoms with E-state index in [9.17, 15) is 15.2 Å². The zero-order chi connectivity index (χ0) is 18.3. The minimum Gasteiger partial charge on any atom is -0.514 e. The lowest BCUT2D eigenvalue weighted by molar-refractivity contribution is 0.00406. The monoisotopic (exact) mass is 338 g/mol. The summed E-state index contributed by atoms with van der Waals surface area (Å²) in [5.41, 5.74) is -0.457. The minimum absolute atomic E-state index is 0.0374. The summed E-state index contributed by atoms with van der Waals surface area (Å²) >= 11 is 0. The molecule has 1 amide bonds. The Balaban J connectivity index is 2.97. The summed E-state index contributed by atoms with van der Waals surface area (Å²) in [7, 11) is 0. The second-order valence-corrected chi connectivity index (χ2v) is 7.32. The molecule has 0 aliphatic carbocycles. The van der Waals surface area contributed by atoms with Crippen molar-refractivity contribution in [1.29, 1.82) is 5.26 Å². The van der Waals surface area contributed by atoms with E-state index in [0.717, 1.165) is 19.1 Å². The average Bonchev–Trinajstić information content (AvgIpc) is 2.80. The molecule has 0 radical (unpaired) electrons. The zero-order valence-corrected chi connectivity index (χ0v) is 15.4. The van der Waals surface area contributed by atoms with Crippen LogP contribution in [0.4, 0.5) is 4.79 Å². The molecule has 6 nitrogen and oxygen atoms in total. The molecule has 1 aliphatic heterocycles. The van der Waals surface area contributed by atoms with Crippen molar-refractivity contribution in [3.05, 3.63) is 11.8 Å². The Labute approximate surface area is 145 Å². The minimum atomic E-state index is -0.628. The van der Waals surface area contributed by atoms with Gasteiger partial charge >= 0.3 is 6.09 Å². The lowest BCUT2D eigenvalue weighted by Gasteiger charge is -2.32. The average molecular weight is 338 g/mol. The first kappa shape index (κ1) is 20.3. The number of amides is 1. The van der Waals surface area contributed by atoms with Crippen LogP contribution in [0.15, 0.2) is 11.8 Å². The molecular formula is C18H30N2O4. The molecule has 136 valence electrons. The van der Waals surface area contributed by atoms with Gasteiger partial charge in [-0.15, -0.1) is 0 Å². The number of carbonyl (C=O) groups is 1.